The van der Waals surface area contributed by atoms with Crippen LogP contribution in [0.25, 0.3) is 0 Å². The molecule has 0 aromatic carbocycles. The molecule has 0 fully saturated rings. The topological polar surface area (TPSA) is 0 Å². The predicted octanol–water partition coefficient (Wildman–Crippen LogP) is 1.52. The van der Waals surface area contributed by atoms with Crippen molar-refractivity contribution in [2.75, 3.05) is 0 Å². The Morgan fingerprint density at radius 1 is 2.00 bits per heavy atom. The molecule has 0 bridgehead atoms. The van der Waals surface area contributed by atoms with Crippen LogP contribution in [0, 0.1) is 0 Å². The van der Waals surface area contributed by atoms with Crippen LogP contribution in [0.5, 0.6) is 0 Å². The Balaban J connectivity index is 2.30. The van der Waals surface area contributed by atoms with E-state index in [-0.39, 0.29) is 0 Å². The fourth-order valence-corrected chi connectivity index (χ4v) is 0. The minimum Gasteiger partial charge on any atom is -0.106 e. The van der Waals surface area contributed by atoms with Crippen LogP contribution in [0.2, 0.25) is 0 Å². The van der Waals surface area contributed by atoms with Crippen molar-refractivity contribution in [1.82, 2.24) is 0 Å². The SMILES string of the molecule is S=CSS. The highest BCUT2D eigenvalue weighted by Crippen LogP contribution is 1.96. The van der Waals surface area contributed by atoms with Gasteiger partial charge in [0.1, 0.15) is 0 Å². The molecule has 24 valence electrons. The van der Waals surface area contributed by atoms with Gasteiger partial charge >= 0.3 is 0 Å². The van der Waals surface area contributed by atoms with Crippen LogP contribution in [-0.4, -0.2) is 4.70 Å². The fraction of sp³-hybridized carbons (Fsp3) is 0. The number of thiocarbonyl (C=S) groups is 1. The Hall–Kier alpha value is 0.790. The molecule has 0 saturated heterocycles. The molecule has 0 saturated carbocycles. The third-order valence-corrected chi connectivity index (χ3v) is 1.16. The number of hydrogen-bond acceptors (Lipinski definition) is 3. The second-order valence-electron chi connectivity index (χ2n) is 0.202. The molecule has 0 aromatic heterocycles. The zero-order valence-electron chi connectivity index (χ0n) is 1.84. The Morgan fingerprint density at radius 2 is 2.25 bits per heavy atom. The summed E-state index contributed by atoms with van der Waals surface area (Å²) in [6.07, 6.45) is 0. The molecule has 0 heterocycles. The third kappa shape index (κ3) is 2.79. The van der Waals surface area contributed by atoms with Crippen molar-refractivity contribution >= 4 is 39.4 Å². The first-order chi connectivity index (χ1) is 1.91. The molecule has 0 aliphatic heterocycles. The molecule has 0 aliphatic rings. The van der Waals surface area contributed by atoms with Crippen LogP contribution >= 0.6 is 34.7 Å². The number of rotatable bonds is 1. The molecule has 0 aliphatic carbocycles. The summed E-state index contributed by atoms with van der Waals surface area (Å²) in [7, 11) is 1.24. The van der Waals surface area contributed by atoms with E-state index in [1.807, 2.05) is 0 Å². The highest BCUT2D eigenvalue weighted by atomic mass is 33.1. The lowest BCUT2D eigenvalue weighted by atomic mass is 11.9. The molecule has 0 rings (SSSR count). The molecule has 0 radical (unpaired) electrons. The lowest BCUT2D eigenvalue weighted by Crippen LogP contribution is -1.26. The van der Waals surface area contributed by atoms with E-state index in [4.69, 9.17) is 0 Å². The summed E-state index contributed by atoms with van der Waals surface area (Å²) in [5, 5.41) is 0. The zero-order chi connectivity index (χ0) is 3.41. The van der Waals surface area contributed by atoms with E-state index >= 15 is 0 Å². The summed E-state index contributed by atoms with van der Waals surface area (Å²) in [6.45, 7) is 0. The van der Waals surface area contributed by atoms with E-state index in [0.29, 0.717) is 0 Å². The third-order valence-electron chi connectivity index (χ3n) is 0.0430. The van der Waals surface area contributed by atoms with Crippen molar-refractivity contribution in [2.24, 2.45) is 0 Å². The second kappa shape index (κ2) is 3.79. The summed E-state index contributed by atoms with van der Waals surface area (Å²) in [5.41, 5.74) is 0. The van der Waals surface area contributed by atoms with E-state index in [0.717, 1.165) is 0 Å². The minimum atomic E-state index is 1.24. The van der Waals surface area contributed by atoms with Gasteiger partial charge in [0.25, 0.3) is 0 Å². The van der Waals surface area contributed by atoms with Gasteiger partial charge < -0.3 is 0 Å². The standard InChI is InChI=1S/CH2S3/c2-1-4-3/h1,3H. The Bertz CT molecular complexity index is 17.2. The molecular weight excluding hydrogens is 108 g/mol. The summed E-state index contributed by atoms with van der Waals surface area (Å²) < 4.78 is 1.49. The van der Waals surface area contributed by atoms with Crippen LogP contribution < -0.4 is 0 Å². The smallest absolute Gasteiger partial charge is 0.0449 e. The van der Waals surface area contributed by atoms with Gasteiger partial charge in [0.15, 0.2) is 0 Å². The van der Waals surface area contributed by atoms with E-state index in [2.05, 4.69) is 23.9 Å². The maximum absolute atomic E-state index is 4.31. The van der Waals surface area contributed by atoms with Gasteiger partial charge in [0.2, 0.25) is 0 Å². The van der Waals surface area contributed by atoms with Crippen molar-refractivity contribution in [2.45, 2.75) is 0 Å². The summed E-state index contributed by atoms with van der Waals surface area (Å²) in [4.78, 5) is 0. The average Bonchev–Trinajstić information content (AvgIpc) is 1.37. The molecule has 0 aromatic rings. The first-order valence-electron chi connectivity index (χ1n) is 0.654. The summed E-state index contributed by atoms with van der Waals surface area (Å²) in [6, 6.07) is 0. The molecule has 0 unspecified atom stereocenters. The average molecular weight is 110 g/mol. The number of hydrogen-bond donors (Lipinski definition) is 1. The van der Waals surface area contributed by atoms with Gasteiger partial charge in [-0.15, -0.1) is 11.7 Å². The molecule has 0 nitrogen and oxygen atoms in total. The molecule has 3 heteroatoms. The molecule has 4 heavy (non-hydrogen) atoms. The first-order valence-corrected chi connectivity index (χ1v) is 3.06. The van der Waals surface area contributed by atoms with E-state index in [9.17, 15) is 0 Å². The second-order valence-corrected chi connectivity index (χ2v) is 1.81. The molecule has 0 spiro atoms. The quantitative estimate of drug-likeness (QED) is 0.309. The van der Waals surface area contributed by atoms with E-state index < -0.39 is 0 Å². The maximum Gasteiger partial charge on any atom is 0.0449 e. The van der Waals surface area contributed by atoms with Gasteiger partial charge in [0, 0.05) is 4.70 Å². The van der Waals surface area contributed by atoms with Crippen molar-refractivity contribution in [3.05, 3.63) is 0 Å². The van der Waals surface area contributed by atoms with Crippen molar-refractivity contribution in [1.29, 1.82) is 0 Å². The summed E-state index contributed by atoms with van der Waals surface area (Å²) >= 11 is 7.99. The largest absolute Gasteiger partial charge is 0.106 e. The normalized spacial score (nSPS) is 6.25. The first kappa shape index (κ1) is 4.79. The van der Waals surface area contributed by atoms with Gasteiger partial charge in [-0.2, -0.15) is 0 Å². The van der Waals surface area contributed by atoms with Crippen molar-refractivity contribution in [3.8, 4) is 0 Å². The van der Waals surface area contributed by atoms with Crippen LogP contribution in [0.3, 0.4) is 0 Å². The molecular formula is CH2S3. The predicted molar refractivity (Wildman–Crippen MR) is 30.2 cm³/mol. The Labute approximate surface area is 39.8 Å². The van der Waals surface area contributed by atoms with Gasteiger partial charge in [-0.25, -0.2) is 0 Å². The fourth-order valence-electron chi connectivity index (χ4n) is 0. The molecule has 0 amide bonds. The lowest BCUT2D eigenvalue weighted by Gasteiger charge is -1.55. The van der Waals surface area contributed by atoms with Gasteiger partial charge in [-0.05, 0) is 0 Å². The van der Waals surface area contributed by atoms with E-state index in [1.54, 1.807) is 0 Å². The maximum atomic E-state index is 4.31. The Kier molecular flexibility index (Phi) is 4.54. The summed E-state index contributed by atoms with van der Waals surface area (Å²) in [5.74, 6) is 0. The van der Waals surface area contributed by atoms with Crippen LogP contribution in [0.4, 0.5) is 0 Å². The Morgan fingerprint density at radius 3 is 2.25 bits per heavy atom. The van der Waals surface area contributed by atoms with Crippen LogP contribution in [0.1, 0.15) is 0 Å². The zero-order valence-corrected chi connectivity index (χ0v) is 4.37. The lowest BCUT2D eigenvalue weighted by molar-refractivity contribution is 4.49. The van der Waals surface area contributed by atoms with Crippen LogP contribution in [0.15, 0.2) is 0 Å². The van der Waals surface area contributed by atoms with Crippen molar-refractivity contribution < 1.29 is 0 Å². The monoisotopic (exact) mass is 110 g/mol. The van der Waals surface area contributed by atoms with Crippen molar-refractivity contribution in [3.63, 3.8) is 0 Å². The highest BCUT2D eigenvalue weighted by Gasteiger charge is 1.48. The molecule has 0 N–H and O–H groups in total. The highest BCUT2D eigenvalue weighted by molar-refractivity contribution is 8.75. The molecule has 0 atom stereocenters. The van der Waals surface area contributed by atoms with Crippen LogP contribution in [-0.2, 0) is 0 Å². The number of thiol groups is 1. The van der Waals surface area contributed by atoms with Gasteiger partial charge in [0.05, 0.1) is 0 Å². The van der Waals surface area contributed by atoms with Gasteiger partial charge in [-0.1, -0.05) is 23.0 Å². The minimum absolute atomic E-state index is 1.24. The van der Waals surface area contributed by atoms with E-state index in [1.165, 1.54) is 15.5 Å². The van der Waals surface area contributed by atoms with Gasteiger partial charge in [-0.3, -0.25) is 0 Å².